The molecule has 0 aromatic rings. The lowest BCUT2D eigenvalue weighted by atomic mass is 9.89. The average molecular weight is 256 g/mol. The Bertz CT molecular complexity index is 277. The van der Waals surface area contributed by atoms with Crippen molar-refractivity contribution in [2.45, 2.75) is 50.3 Å². The van der Waals surface area contributed by atoms with Crippen LogP contribution in [0.1, 0.15) is 39.5 Å². The molecule has 1 amide bonds. The second kappa shape index (κ2) is 5.61. The maximum Gasteiger partial charge on any atom is 0.242 e. The van der Waals surface area contributed by atoms with Gasteiger partial charge in [-0.05, 0) is 39.2 Å². The van der Waals surface area contributed by atoms with E-state index >= 15 is 0 Å². The molecule has 1 N–H and O–H groups in total. The second-order valence-corrected chi connectivity index (χ2v) is 6.78. The van der Waals surface area contributed by atoms with Crippen molar-refractivity contribution >= 4 is 17.7 Å². The Kier molecular flexibility index (Phi) is 4.36. The van der Waals surface area contributed by atoms with Crippen molar-refractivity contribution < 1.29 is 4.79 Å². The molecule has 0 aromatic carbocycles. The second-order valence-electron chi connectivity index (χ2n) is 5.37. The average Bonchev–Trinajstić information content (AvgIpc) is 2.39. The highest BCUT2D eigenvalue weighted by Gasteiger charge is 2.38. The van der Waals surface area contributed by atoms with Gasteiger partial charge in [0.15, 0.2) is 0 Å². The first-order valence-corrected chi connectivity index (χ1v) is 7.86. The number of rotatable bonds is 2. The van der Waals surface area contributed by atoms with Crippen LogP contribution in [0.5, 0.6) is 0 Å². The van der Waals surface area contributed by atoms with Crippen molar-refractivity contribution in [3.8, 4) is 0 Å². The zero-order valence-corrected chi connectivity index (χ0v) is 11.8. The molecular formula is C13H24N2OS. The molecule has 0 radical (unpaired) electrons. The molecule has 3 nitrogen and oxygen atoms in total. The third kappa shape index (κ3) is 2.97. The van der Waals surface area contributed by atoms with Gasteiger partial charge in [0.1, 0.15) is 0 Å². The van der Waals surface area contributed by atoms with Crippen LogP contribution >= 0.6 is 11.8 Å². The minimum absolute atomic E-state index is 0.293. The van der Waals surface area contributed by atoms with Crippen molar-refractivity contribution in [1.82, 2.24) is 10.2 Å². The molecule has 0 saturated carbocycles. The number of amides is 1. The summed E-state index contributed by atoms with van der Waals surface area (Å²) in [5.41, 5.74) is -0.293. The first-order valence-electron chi connectivity index (χ1n) is 6.82. The molecule has 0 aromatic heterocycles. The molecule has 0 aliphatic carbocycles. The molecular weight excluding hydrogens is 232 g/mol. The Morgan fingerprint density at radius 1 is 1.53 bits per heavy atom. The fraction of sp³-hybridized carbons (Fsp3) is 0.923. The fourth-order valence-electron chi connectivity index (χ4n) is 2.74. The number of nitrogens with zero attached hydrogens (tertiary/aromatic N) is 1. The summed E-state index contributed by atoms with van der Waals surface area (Å²) in [5, 5.41) is 4.07. The van der Waals surface area contributed by atoms with E-state index in [0.29, 0.717) is 11.2 Å². The van der Waals surface area contributed by atoms with E-state index < -0.39 is 0 Å². The quantitative estimate of drug-likeness (QED) is 0.818. The van der Waals surface area contributed by atoms with Gasteiger partial charge in [-0.25, -0.2) is 0 Å². The lowest BCUT2D eigenvalue weighted by Crippen LogP contribution is -2.59. The molecule has 2 saturated heterocycles. The van der Waals surface area contributed by atoms with E-state index in [4.69, 9.17) is 0 Å². The minimum Gasteiger partial charge on any atom is -0.339 e. The molecule has 0 spiro atoms. The molecule has 2 rings (SSSR count). The Morgan fingerprint density at radius 3 is 3.00 bits per heavy atom. The number of hydrogen-bond donors (Lipinski definition) is 1. The maximum atomic E-state index is 12.6. The van der Waals surface area contributed by atoms with Gasteiger partial charge < -0.3 is 10.2 Å². The van der Waals surface area contributed by atoms with Crippen molar-refractivity contribution in [3.63, 3.8) is 0 Å². The molecule has 2 aliphatic rings. The number of thioether (sulfide) groups is 1. The monoisotopic (exact) mass is 256 g/mol. The maximum absolute atomic E-state index is 12.6. The molecule has 2 heterocycles. The summed E-state index contributed by atoms with van der Waals surface area (Å²) in [5.74, 6) is 1.43. The highest BCUT2D eigenvalue weighted by Crippen LogP contribution is 2.26. The fourth-order valence-corrected chi connectivity index (χ4v) is 3.92. The Hall–Kier alpha value is -0.220. The van der Waals surface area contributed by atoms with Crippen molar-refractivity contribution in [2.75, 3.05) is 25.4 Å². The van der Waals surface area contributed by atoms with Gasteiger partial charge >= 0.3 is 0 Å². The number of piperidine rings is 1. The SMILES string of the molecule is CCC1CN(C(=O)C2(C)CCCCN2)CCS1. The zero-order valence-electron chi connectivity index (χ0n) is 11.0. The Labute approximate surface area is 109 Å². The smallest absolute Gasteiger partial charge is 0.242 e. The number of hydrogen-bond acceptors (Lipinski definition) is 3. The van der Waals surface area contributed by atoms with Gasteiger partial charge in [0.05, 0.1) is 5.54 Å². The van der Waals surface area contributed by atoms with E-state index in [1.165, 1.54) is 19.3 Å². The minimum atomic E-state index is -0.293. The highest BCUT2D eigenvalue weighted by molar-refractivity contribution is 8.00. The van der Waals surface area contributed by atoms with Gasteiger partial charge in [0.2, 0.25) is 5.91 Å². The van der Waals surface area contributed by atoms with Crippen LogP contribution in [0.15, 0.2) is 0 Å². The summed E-state index contributed by atoms with van der Waals surface area (Å²) in [6.45, 7) is 7.15. The van der Waals surface area contributed by atoms with E-state index in [2.05, 4.69) is 24.1 Å². The molecule has 17 heavy (non-hydrogen) atoms. The molecule has 2 fully saturated rings. The standard InChI is InChI=1S/C13H24N2OS/c1-3-11-10-15(8-9-17-11)12(16)13(2)6-4-5-7-14-13/h11,14H,3-10H2,1-2H3. The van der Waals surface area contributed by atoms with Gasteiger partial charge in [-0.1, -0.05) is 6.92 Å². The molecule has 0 bridgehead atoms. The van der Waals surface area contributed by atoms with Crippen LogP contribution in [0, 0.1) is 0 Å². The van der Waals surface area contributed by atoms with Crippen molar-refractivity contribution in [3.05, 3.63) is 0 Å². The summed E-state index contributed by atoms with van der Waals surface area (Å²) in [7, 11) is 0. The van der Waals surface area contributed by atoms with Crippen LogP contribution in [0.3, 0.4) is 0 Å². The van der Waals surface area contributed by atoms with Crippen molar-refractivity contribution in [1.29, 1.82) is 0 Å². The molecule has 2 atom stereocenters. The van der Waals surface area contributed by atoms with E-state index in [-0.39, 0.29) is 5.54 Å². The van der Waals surface area contributed by atoms with Gasteiger partial charge in [-0.15, -0.1) is 0 Å². The molecule has 98 valence electrons. The van der Waals surface area contributed by atoms with Gasteiger partial charge in [0.25, 0.3) is 0 Å². The van der Waals surface area contributed by atoms with E-state index in [0.717, 1.165) is 31.8 Å². The van der Waals surface area contributed by atoms with Gasteiger partial charge in [-0.2, -0.15) is 11.8 Å². The predicted molar refractivity (Wildman–Crippen MR) is 73.4 cm³/mol. The number of nitrogens with one attached hydrogen (secondary N) is 1. The van der Waals surface area contributed by atoms with Crippen LogP contribution in [-0.2, 0) is 4.79 Å². The Balaban J connectivity index is 1.98. The first-order chi connectivity index (χ1) is 8.15. The normalized spacial score (nSPS) is 34.7. The van der Waals surface area contributed by atoms with Gasteiger partial charge in [0, 0.05) is 24.1 Å². The van der Waals surface area contributed by atoms with E-state index in [1.54, 1.807) is 0 Å². The van der Waals surface area contributed by atoms with Crippen LogP contribution in [-0.4, -0.2) is 47.0 Å². The van der Waals surface area contributed by atoms with Crippen LogP contribution in [0.2, 0.25) is 0 Å². The van der Waals surface area contributed by atoms with Crippen LogP contribution < -0.4 is 5.32 Å². The predicted octanol–water partition coefficient (Wildman–Crippen LogP) is 1.87. The van der Waals surface area contributed by atoms with Gasteiger partial charge in [-0.3, -0.25) is 4.79 Å². The zero-order chi connectivity index (χ0) is 12.3. The molecule has 4 heteroatoms. The van der Waals surface area contributed by atoms with Crippen molar-refractivity contribution in [2.24, 2.45) is 0 Å². The van der Waals surface area contributed by atoms with E-state index in [9.17, 15) is 4.79 Å². The topological polar surface area (TPSA) is 32.3 Å². The lowest BCUT2D eigenvalue weighted by molar-refractivity contribution is -0.138. The van der Waals surface area contributed by atoms with Crippen LogP contribution in [0.25, 0.3) is 0 Å². The number of carbonyl (C=O) groups is 1. The number of carbonyl (C=O) groups excluding carboxylic acids is 1. The summed E-state index contributed by atoms with van der Waals surface area (Å²) in [6.07, 6.45) is 4.54. The summed E-state index contributed by atoms with van der Waals surface area (Å²) >= 11 is 2.02. The molecule has 2 aliphatic heterocycles. The Morgan fingerprint density at radius 2 is 2.35 bits per heavy atom. The first kappa shape index (κ1) is 13.2. The summed E-state index contributed by atoms with van der Waals surface area (Å²) in [4.78, 5) is 14.7. The largest absolute Gasteiger partial charge is 0.339 e. The summed E-state index contributed by atoms with van der Waals surface area (Å²) in [6, 6.07) is 0. The van der Waals surface area contributed by atoms with E-state index in [1.807, 2.05) is 11.8 Å². The third-order valence-electron chi connectivity index (χ3n) is 3.97. The highest BCUT2D eigenvalue weighted by atomic mass is 32.2. The third-order valence-corrected chi connectivity index (χ3v) is 5.34. The molecule has 2 unspecified atom stereocenters. The van der Waals surface area contributed by atoms with Crippen LogP contribution in [0.4, 0.5) is 0 Å². The lowest BCUT2D eigenvalue weighted by Gasteiger charge is -2.41. The summed E-state index contributed by atoms with van der Waals surface area (Å²) < 4.78 is 0.